The number of Topliss-reactive ketones (excluding diaryl/α,β-unsaturated/α-hetero) is 1. The van der Waals surface area contributed by atoms with Crippen LogP contribution in [0.2, 0.25) is 0 Å². The molecule has 4 heteroatoms. The second-order valence-corrected chi connectivity index (χ2v) is 8.79. The topological polar surface area (TPSA) is 66.4 Å². The van der Waals surface area contributed by atoms with Gasteiger partial charge in [0.05, 0.1) is 5.60 Å². The number of hydrogen-bond acceptors (Lipinski definition) is 3. The Bertz CT molecular complexity index is 693. The SMILES string of the molecule is CC/C1=C/CCC[C@@](C)(O)CCC[C@@H](C)C(=O)N[C@@H](Cc2ccccc2)CC1=O. The molecular formula is C25H37NO3. The highest BCUT2D eigenvalue weighted by Crippen LogP contribution is 2.24. The van der Waals surface area contributed by atoms with Gasteiger partial charge in [0.1, 0.15) is 0 Å². The van der Waals surface area contributed by atoms with E-state index in [-0.39, 0.29) is 23.7 Å². The number of carbonyl (C=O) groups is 2. The van der Waals surface area contributed by atoms with Crippen molar-refractivity contribution in [2.24, 2.45) is 5.92 Å². The minimum atomic E-state index is -0.712. The summed E-state index contributed by atoms with van der Waals surface area (Å²) in [4.78, 5) is 25.7. The molecule has 1 aliphatic rings. The van der Waals surface area contributed by atoms with E-state index in [0.29, 0.717) is 32.1 Å². The molecule has 1 aromatic carbocycles. The van der Waals surface area contributed by atoms with Gasteiger partial charge in [-0.15, -0.1) is 0 Å². The van der Waals surface area contributed by atoms with Crippen molar-refractivity contribution < 1.29 is 14.7 Å². The maximum atomic E-state index is 12.9. The van der Waals surface area contributed by atoms with Crippen molar-refractivity contribution in [2.75, 3.05) is 0 Å². The summed E-state index contributed by atoms with van der Waals surface area (Å²) in [5.74, 6) is -0.0243. The number of aliphatic hydroxyl groups is 1. The molecule has 1 aromatic rings. The first-order valence-corrected chi connectivity index (χ1v) is 11.1. The molecule has 0 saturated heterocycles. The van der Waals surface area contributed by atoms with Gasteiger partial charge in [-0.25, -0.2) is 0 Å². The lowest BCUT2D eigenvalue weighted by atomic mass is 9.90. The molecule has 1 heterocycles. The number of ketones is 1. The van der Waals surface area contributed by atoms with Crippen LogP contribution in [0, 0.1) is 5.92 Å². The zero-order valence-corrected chi connectivity index (χ0v) is 18.2. The number of allylic oxidation sites excluding steroid dienone is 2. The standard InChI is InChI=1S/C25H37NO3/c1-4-21-14-8-9-15-25(3,29)16-10-11-19(2)24(28)26-22(18-23(21)27)17-20-12-6-5-7-13-20/h5-7,12-14,19,22,29H,4,8-11,15-18H2,1-3H3,(H,26,28)/b21-14-/t19-,22+,25-/m1/s1. The van der Waals surface area contributed by atoms with Crippen molar-refractivity contribution in [3.05, 3.63) is 47.5 Å². The van der Waals surface area contributed by atoms with Gasteiger partial charge < -0.3 is 10.4 Å². The van der Waals surface area contributed by atoms with Crippen molar-refractivity contribution in [2.45, 2.75) is 90.2 Å². The molecule has 0 unspecified atom stereocenters. The van der Waals surface area contributed by atoms with Crippen LogP contribution < -0.4 is 5.32 Å². The third-order valence-electron chi connectivity index (χ3n) is 5.95. The minimum Gasteiger partial charge on any atom is -0.390 e. The number of nitrogens with one attached hydrogen (secondary N) is 1. The summed E-state index contributed by atoms with van der Waals surface area (Å²) in [6, 6.07) is 9.80. The van der Waals surface area contributed by atoms with Gasteiger partial charge >= 0.3 is 0 Å². The fourth-order valence-electron chi connectivity index (χ4n) is 4.03. The van der Waals surface area contributed by atoms with Gasteiger partial charge in [0.25, 0.3) is 0 Å². The van der Waals surface area contributed by atoms with Crippen LogP contribution in [0.1, 0.15) is 77.7 Å². The van der Waals surface area contributed by atoms with E-state index in [9.17, 15) is 14.7 Å². The van der Waals surface area contributed by atoms with Crippen molar-refractivity contribution >= 4 is 11.7 Å². The summed E-state index contributed by atoms with van der Waals surface area (Å²) in [6.07, 6.45) is 8.34. The van der Waals surface area contributed by atoms with Crippen LogP contribution in [0.4, 0.5) is 0 Å². The average Bonchev–Trinajstić information content (AvgIpc) is 2.67. The molecule has 160 valence electrons. The Morgan fingerprint density at radius 3 is 2.52 bits per heavy atom. The number of benzene rings is 1. The van der Waals surface area contributed by atoms with Gasteiger partial charge in [0.15, 0.2) is 5.78 Å². The Hall–Kier alpha value is -1.94. The van der Waals surface area contributed by atoms with Crippen LogP contribution in [0.5, 0.6) is 0 Å². The Labute approximate surface area is 175 Å². The van der Waals surface area contributed by atoms with Crippen LogP contribution in [0.15, 0.2) is 42.0 Å². The zero-order valence-electron chi connectivity index (χ0n) is 18.2. The number of hydrogen-bond donors (Lipinski definition) is 2. The lowest BCUT2D eigenvalue weighted by Gasteiger charge is -2.24. The molecule has 29 heavy (non-hydrogen) atoms. The Morgan fingerprint density at radius 2 is 1.83 bits per heavy atom. The maximum absolute atomic E-state index is 12.9. The molecule has 0 bridgehead atoms. The largest absolute Gasteiger partial charge is 0.390 e. The molecule has 0 fully saturated rings. The van der Waals surface area contributed by atoms with Crippen LogP contribution in [-0.4, -0.2) is 28.4 Å². The molecular weight excluding hydrogens is 362 g/mol. The minimum absolute atomic E-state index is 0.00438. The summed E-state index contributed by atoms with van der Waals surface area (Å²) in [5, 5.41) is 13.7. The fraction of sp³-hybridized carbons (Fsp3) is 0.600. The normalized spacial score (nSPS) is 29.9. The lowest BCUT2D eigenvalue weighted by Crippen LogP contribution is -2.41. The molecule has 0 aromatic heterocycles. The van der Waals surface area contributed by atoms with E-state index in [2.05, 4.69) is 5.32 Å². The first kappa shape index (κ1) is 23.3. The van der Waals surface area contributed by atoms with E-state index in [1.165, 1.54) is 0 Å². The summed E-state index contributed by atoms with van der Waals surface area (Å²) >= 11 is 0. The number of carbonyl (C=O) groups excluding carboxylic acids is 2. The lowest BCUT2D eigenvalue weighted by molar-refractivity contribution is -0.125. The van der Waals surface area contributed by atoms with E-state index < -0.39 is 5.60 Å². The third-order valence-corrected chi connectivity index (χ3v) is 5.95. The Balaban J connectivity index is 2.19. The molecule has 2 N–H and O–H groups in total. The van der Waals surface area contributed by atoms with Gasteiger partial charge in [-0.1, -0.05) is 50.3 Å². The predicted octanol–water partition coefficient (Wildman–Crippen LogP) is 4.75. The van der Waals surface area contributed by atoms with Gasteiger partial charge in [0.2, 0.25) is 5.91 Å². The zero-order chi connectivity index (χ0) is 21.3. The second kappa shape index (κ2) is 11.3. The van der Waals surface area contributed by atoms with Gasteiger partial charge in [-0.05, 0) is 69.4 Å². The monoisotopic (exact) mass is 399 g/mol. The van der Waals surface area contributed by atoms with Crippen LogP contribution in [0.3, 0.4) is 0 Å². The molecule has 2 rings (SSSR count). The van der Waals surface area contributed by atoms with Gasteiger partial charge in [0, 0.05) is 18.4 Å². The summed E-state index contributed by atoms with van der Waals surface area (Å²) in [7, 11) is 0. The smallest absolute Gasteiger partial charge is 0.223 e. The maximum Gasteiger partial charge on any atom is 0.223 e. The van der Waals surface area contributed by atoms with Crippen molar-refractivity contribution in [3.8, 4) is 0 Å². The Morgan fingerprint density at radius 1 is 1.14 bits per heavy atom. The van der Waals surface area contributed by atoms with Crippen molar-refractivity contribution in [1.29, 1.82) is 0 Å². The third kappa shape index (κ3) is 8.14. The fourth-order valence-corrected chi connectivity index (χ4v) is 4.03. The molecule has 0 spiro atoms. The quantitative estimate of drug-likeness (QED) is 0.771. The highest BCUT2D eigenvalue weighted by atomic mass is 16.3. The van der Waals surface area contributed by atoms with Gasteiger partial charge in [-0.2, -0.15) is 0 Å². The van der Waals surface area contributed by atoms with Crippen LogP contribution in [-0.2, 0) is 16.0 Å². The van der Waals surface area contributed by atoms with E-state index in [4.69, 9.17) is 0 Å². The average molecular weight is 400 g/mol. The van der Waals surface area contributed by atoms with Gasteiger partial charge in [-0.3, -0.25) is 9.59 Å². The molecule has 1 aliphatic heterocycles. The molecule has 1 amide bonds. The molecule has 0 aliphatic carbocycles. The highest BCUT2D eigenvalue weighted by molar-refractivity contribution is 5.96. The molecule has 4 nitrogen and oxygen atoms in total. The number of rotatable bonds is 3. The summed E-state index contributed by atoms with van der Waals surface area (Å²) < 4.78 is 0. The number of amides is 1. The first-order valence-electron chi connectivity index (χ1n) is 11.1. The van der Waals surface area contributed by atoms with E-state index in [0.717, 1.165) is 36.8 Å². The summed E-state index contributed by atoms with van der Waals surface area (Å²) in [5.41, 5.74) is 1.24. The highest BCUT2D eigenvalue weighted by Gasteiger charge is 2.24. The van der Waals surface area contributed by atoms with E-state index in [1.54, 1.807) is 0 Å². The first-order chi connectivity index (χ1) is 13.8. The predicted molar refractivity (Wildman–Crippen MR) is 118 cm³/mol. The van der Waals surface area contributed by atoms with Crippen LogP contribution >= 0.6 is 0 Å². The van der Waals surface area contributed by atoms with Crippen molar-refractivity contribution in [3.63, 3.8) is 0 Å². The van der Waals surface area contributed by atoms with E-state index in [1.807, 2.05) is 57.2 Å². The molecule has 0 radical (unpaired) electrons. The van der Waals surface area contributed by atoms with Crippen molar-refractivity contribution in [1.82, 2.24) is 5.32 Å². The second-order valence-electron chi connectivity index (χ2n) is 8.79. The van der Waals surface area contributed by atoms with E-state index >= 15 is 0 Å². The molecule has 3 atom stereocenters. The summed E-state index contributed by atoms with van der Waals surface area (Å²) in [6.45, 7) is 5.81. The Kier molecular flexibility index (Phi) is 9.09. The molecule has 0 saturated carbocycles. The van der Waals surface area contributed by atoms with Crippen LogP contribution in [0.25, 0.3) is 0 Å².